The van der Waals surface area contributed by atoms with Crippen molar-refractivity contribution in [1.82, 2.24) is 4.98 Å². The maximum Gasteiger partial charge on any atom is 0.161 e. The molecule has 3 aromatic carbocycles. The van der Waals surface area contributed by atoms with E-state index < -0.39 is 0 Å². The molecule has 0 aliphatic rings. The average Bonchev–Trinajstić information content (AvgIpc) is 3.11. The van der Waals surface area contributed by atoms with Crippen molar-refractivity contribution in [2.75, 3.05) is 7.11 Å². The second-order valence-electron chi connectivity index (χ2n) is 5.73. The molecule has 0 bridgehead atoms. The van der Waals surface area contributed by atoms with Gasteiger partial charge in [0, 0.05) is 16.1 Å². The summed E-state index contributed by atoms with van der Waals surface area (Å²) < 4.78 is 12.6. The number of nitrogens with zero attached hydrogens (tertiary/aromatic N) is 1. The van der Waals surface area contributed by atoms with Crippen LogP contribution in [0.5, 0.6) is 11.5 Å². The summed E-state index contributed by atoms with van der Waals surface area (Å²) in [6.45, 7) is 0.385. The Bertz CT molecular complexity index is 1030. The molecule has 0 amide bonds. The summed E-state index contributed by atoms with van der Waals surface area (Å²) in [6.07, 6.45) is 0. The lowest BCUT2D eigenvalue weighted by molar-refractivity contribution is 0.284. The SMILES string of the molecule is COc1cc(-c2nc3ccccc3s2)ccc1OCc1ccccc1Cl. The molecule has 0 fully saturated rings. The standard InChI is InChI=1S/C21H16ClNO2S/c1-24-19-12-14(21-23-17-8-4-5-9-20(17)26-21)10-11-18(19)25-13-15-6-2-3-7-16(15)22/h2-12H,13H2,1H3. The van der Waals surface area contributed by atoms with Crippen LogP contribution >= 0.6 is 22.9 Å². The van der Waals surface area contributed by atoms with Crippen LogP contribution in [0.3, 0.4) is 0 Å². The molecule has 0 aliphatic carbocycles. The number of ether oxygens (including phenoxy) is 2. The highest BCUT2D eigenvalue weighted by molar-refractivity contribution is 7.21. The van der Waals surface area contributed by atoms with Gasteiger partial charge in [0.1, 0.15) is 11.6 Å². The van der Waals surface area contributed by atoms with Crippen LogP contribution in [0, 0.1) is 0 Å². The van der Waals surface area contributed by atoms with Crippen molar-refractivity contribution in [3.63, 3.8) is 0 Å². The first-order valence-electron chi connectivity index (χ1n) is 8.15. The van der Waals surface area contributed by atoms with Crippen LogP contribution in [-0.2, 0) is 6.61 Å². The molecule has 1 heterocycles. The fraction of sp³-hybridized carbons (Fsp3) is 0.0952. The topological polar surface area (TPSA) is 31.4 Å². The lowest BCUT2D eigenvalue weighted by Crippen LogP contribution is -1.98. The lowest BCUT2D eigenvalue weighted by Gasteiger charge is -2.12. The molecule has 0 unspecified atom stereocenters. The van der Waals surface area contributed by atoms with Crippen molar-refractivity contribution in [3.8, 4) is 22.1 Å². The van der Waals surface area contributed by atoms with Gasteiger partial charge >= 0.3 is 0 Å². The summed E-state index contributed by atoms with van der Waals surface area (Å²) in [5.74, 6) is 1.35. The van der Waals surface area contributed by atoms with E-state index in [0.717, 1.165) is 21.7 Å². The molecule has 0 spiro atoms. The molecule has 130 valence electrons. The number of methoxy groups -OCH3 is 1. The molecule has 4 aromatic rings. The van der Waals surface area contributed by atoms with Gasteiger partial charge in [-0.25, -0.2) is 4.98 Å². The monoisotopic (exact) mass is 381 g/mol. The fourth-order valence-corrected chi connectivity index (χ4v) is 3.84. The molecular formula is C21H16ClNO2S. The molecule has 5 heteroatoms. The van der Waals surface area contributed by atoms with Gasteiger partial charge in [0.2, 0.25) is 0 Å². The smallest absolute Gasteiger partial charge is 0.161 e. The van der Waals surface area contributed by atoms with E-state index in [9.17, 15) is 0 Å². The zero-order chi connectivity index (χ0) is 17.9. The van der Waals surface area contributed by atoms with Gasteiger partial charge in [-0.05, 0) is 36.4 Å². The number of halogens is 1. The third kappa shape index (κ3) is 3.39. The highest BCUT2D eigenvalue weighted by Crippen LogP contribution is 2.36. The van der Waals surface area contributed by atoms with Crippen molar-refractivity contribution >= 4 is 33.2 Å². The zero-order valence-corrected chi connectivity index (χ0v) is 15.7. The average molecular weight is 382 g/mol. The summed E-state index contributed by atoms with van der Waals surface area (Å²) in [5, 5.41) is 1.65. The maximum absolute atomic E-state index is 6.19. The van der Waals surface area contributed by atoms with E-state index in [0.29, 0.717) is 23.1 Å². The molecule has 0 saturated heterocycles. The highest BCUT2D eigenvalue weighted by atomic mass is 35.5. The molecular weight excluding hydrogens is 366 g/mol. The Kier molecular flexibility index (Phi) is 4.78. The van der Waals surface area contributed by atoms with Crippen LogP contribution in [0.4, 0.5) is 0 Å². The molecule has 0 aliphatic heterocycles. The second kappa shape index (κ2) is 7.36. The van der Waals surface area contributed by atoms with E-state index in [2.05, 4.69) is 6.07 Å². The second-order valence-corrected chi connectivity index (χ2v) is 7.17. The van der Waals surface area contributed by atoms with E-state index in [1.165, 1.54) is 4.70 Å². The number of thiazole rings is 1. The molecule has 0 radical (unpaired) electrons. The van der Waals surface area contributed by atoms with Crippen LogP contribution < -0.4 is 9.47 Å². The quantitative estimate of drug-likeness (QED) is 0.412. The Labute approximate surface area is 160 Å². The first kappa shape index (κ1) is 16.9. The van der Waals surface area contributed by atoms with Gasteiger partial charge < -0.3 is 9.47 Å². The Morgan fingerprint density at radius 1 is 0.962 bits per heavy atom. The minimum atomic E-state index is 0.385. The van der Waals surface area contributed by atoms with E-state index in [4.69, 9.17) is 26.1 Å². The molecule has 1 aromatic heterocycles. The van der Waals surface area contributed by atoms with Crippen molar-refractivity contribution in [2.24, 2.45) is 0 Å². The minimum Gasteiger partial charge on any atom is -0.493 e. The summed E-state index contributed by atoms with van der Waals surface area (Å²) in [6, 6.07) is 21.6. The molecule has 0 saturated carbocycles. The highest BCUT2D eigenvalue weighted by Gasteiger charge is 2.11. The number of aromatic nitrogens is 1. The van der Waals surface area contributed by atoms with Gasteiger partial charge in [0.05, 0.1) is 17.3 Å². The third-order valence-corrected chi connectivity index (χ3v) is 5.50. The van der Waals surface area contributed by atoms with E-state index in [-0.39, 0.29) is 0 Å². The van der Waals surface area contributed by atoms with Crippen LogP contribution in [0.25, 0.3) is 20.8 Å². The Hall–Kier alpha value is -2.56. The first-order valence-corrected chi connectivity index (χ1v) is 9.34. The van der Waals surface area contributed by atoms with Crippen LogP contribution in [-0.4, -0.2) is 12.1 Å². The van der Waals surface area contributed by atoms with Gasteiger partial charge in [0.25, 0.3) is 0 Å². The maximum atomic E-state index is 6.19. The number of hydrogen-bond donors (Lipinski definition) is 0. The summed E-state index contributed by atoms with van der Waals surface area (Å²) in [7, 11) is 1.64. The number of rotatable bonds is 5. The van der Waals surface area contributed by atoms with Gasteiger partial charge in [-0.1, -0.05) is 41.9 Å². The minimum absolute atomic E-state index is 0.385. The molecule has 26 heavy (non-hydrogen) atoms. The van der Waals surface area contributed by atoms with E-state index >= 15 is 0 Å². The van der Waals surface area contributed by atoms with E-state index in [1.807, 2.05) is 60.7 Å². The van der Waals surface area contributed by atoms with Crippen LogP contribution in [0.15, 0.2) is 66.7 Å². The van der Waals surface area contributed by atoms with Gasteiger partial charge in [-0.2, -0.15) is 0 Å². The molecule has 3 nitrogen and oxygen atoms in total. The number of para-hydroxylation sites is 1. The summed E-state index contributed by atoms with van der Waals surface area (Å²) >= 11 is 7.85. The van der Waals surface area contributed by atoms with Gasteiger partial charge in [-0.15, -0.1) is 11.3 Å². The third-order valence-electron chi connectivity index (χ3n) is 4.05. The Morgan fingerprint density at radius 2 is 1.77 bits per heavy atom. The lowest BCUT2D eigenvalue weighted by atomic mass is 10.2. The Balaban J connectivity index is 1.60. The zero-order valence-electron chi connectivity index (χ0n) is 14.1. The largest absolute Gasteiger partial charge is 0.493 e. The van der Waals surface area contributed by atoms with Gasteiger partial charge in [0.15, 0.2) is 11.5 Å². The fourth-order valence-electron chi connectivity index (χ4n) is 2.69. The van der Waals surface area contributed by atoms with Crippen LogP contribution in [0.1, 0.15) is 5.56 Å². The predicted octanol–water partition coefficient (Wildman–Crippen LogP) is 6.20. The van der Waals surface area contributed by atoms with Crippen molar-refractivity contribution < 1.29 is 9.47 Å². The van der Waals surface area contributed by atoms with Crippen molar-refractivity contribution in [3.05, 3.63) is 77.3 Å². The molecule has 0 N–H and O–H groups in total. The Morgan fingerprint density at radius 3 is 2.58 bits per heavy atom. The summed E-state index contributed by atoms with van der Waals surface area (Å²) in [5.41, 5.74) is 2.95. The number of hydrogen-bond acceptors (Lipinski definition) is 4. The molecule has 4 rings (SSSR count). The van der Waals surface area contributed by atoms with Crippen molar-refractivity contribution in [1.29, 1.82) is 0 Å². The summed E-state index contributed by atoms with van der Waals surface area (Å²) in [4.78, 5) is 4.70. The van der Waals surface area contributed by atoms with E-state index in [1.54, 1.807) is 18.4 Å². The number of fused-ring (bicyclic) bond motifs is 1. The molecule has 0 atom stereocenters. The van der Waals surface area contributed by atoms with Crippen LogP contribution in [0.2, 0.25) is 5.02 Å². The predicted molar refractivity (Wildman–Crippen MR) is 107 cm³/mol. The first-order chi connectivity index (χ1) is 12.7. The van der Waals surface area contributed by atoms with Crippen molar-refractivity contribution in [2.45, 2.75) is 6.61 Å². The van der Waals surface area contributed by atoms with Gasteiger partial charge in [-0.3, -0.25) is 0 Å². The number of benzene rings is 3. The normalized spacial score (nSPS) is 10.8.